The van der Waals surface area contributed by atoms with Crippen LogP contribution in [0.2, 0.25) is 5.02 Å². The molecule has 0 saturated heterocycles. The van der Waals surface area contributed by atoms with Gasteiger partial charge in [0.15, 0.2) is 0 Å². The number of carbonyl (C=O) groups excluding carboxylic acids is 1. The number of aromatic nitrogens is 2. The Balaban J connectivity index is 2.13. The molecule has 0 fully saturated rings. The topological polar surface area (TPSA) is 67.2 Å². The van der Waals surface area contributed by atoms with E-state index in [2.05, 4.69) is 10.4 Å². The Morgan fingerprint density at radius 2 is 2.24 bits per heavy atom. The average molecular weight is 308 g/mol. The molecule has 0 radical (unpaired) electrons. The van der Waals surface area contributed by atoms with Gasteiger partial charge < -0.3 is 10.4 Å². The molecule has 1 unspecified atom stereocenters. The van der Waals surface area contributed by atoms with E-state index in [1.54, 1.807) is 16.9 Å². The molecule has 21 heavy (non-hydrogen) atoms. The number of amides is 1. The van der Waals surface area contributed by atoms with Crippen molar-refractivity contribution in [2.24, 2.45) is 0 Å². The van der Waals surface area contributed by atoms with Gasteiger partial charge in [0.2, 0.25) is 0 Å². The van der Waals surface area contributed by atoms with Crippen molar-refractivity contribution in [1.82, 2.24) is 15.1 Å². The van der Waals surface area contributed by atoms with Gasteiger partial charge >= 0.3 is 0 Å². The highest BCUT2D eigenvalue weighted by Gasteiger charge is 2.14. The second-order valence-electron chi connectivity index (χ2n) is 4.72. The van der Waals surface area contributed by atoms with Gasteiger partial charge in [-0.3, -0.25) is 4.79 Å². The highest BCUT2D eigenvalue weighted by Crippen LogP contribution is 2.19. The molecule has 1 aromatic heterocycles. The van der Waals surface area contributed by atoms with Crippen LogP contribution in [-0.2, 0) is 0 Å². The van der Waals surface area contributed by atoms with Crippen LogP contribution in [0.4, 0.5) is 0 Å². The molecule has 1 aromatic carbocycles. The van der Waals surface area contributed by atoms with E-state index < -0.39 is 0 Å². The highest BCUT2D eigenvalue weighted by atomic mass is 35.5. The predicted molar refractivity (Wildman–Crippen MR) is 81.8 cm³/mol. The summed E-state index contributed by atoms with van der Waals surface area (Å²) in [7, 11) is 0. The number of aliphatic hydroxyl groups is 1. The Hall–Kier alpha value is -1.85. The molecular formula is C15H18ClN3O2. The van der Waals surface area contributed by atoms with Crippen molar-refractivity contribution >= 4 is 17.5 Å². The van der Waals surface area contributed by atoms with Crippen molar-refractivity contribution in [3.05, 3.63) is 47.2 Å². The number of halogens is 1. The van der Waals surface area contributed by atoms with Crippen molar-refractivity contribution in [3.8, 4) is 5.69 Å². The maximum Gasteiger partial charge on any atom is 0.254 e. The molecule has 2 rings (SSSR count). The molecule has 0 spiro atoms. The number of hydrogen-bond donors (Lipinski definition) is 2. The standard InChI is InChI=1S/C15H18ClN3O2/c1-2-12(7-8-20)18-15(21)11-9-17-19(10-11)14-6-4-3-5-13(14)16/h3-6,9-10,12,20H,2,7-8H2,1H3,(H,18,21). The summed E-state index contributed by atoms with van der Waals surface area (Å²) in [5.41, 5.74) is 1.19. The molecule has 0 saturated carbocycles. The molecule has 1 heterocycles. The maximum absolute atomic E-state index is 12.1. The van der Waals surface area contributed by atoms with Crippen molar-refractivity contribution in [2.75, 3.05) is 6.61 Å². The minimum absolute atomic E-state index is 0.0360. The minimum Gasteiger partial charge on any atom is -0.396 e. The third-order valence-corrected chi connectivity index (χ3v) is 3.57. The van der Waals surface area contributed by atoms with E-state index in [0.29, 0.717) is 17.0 Å². The first-order valence-corrected chi connectivity index (χ1v) is 7.24. The Morgan fingerprint density at radius 3 is 2.90 bits per heavy atom. The van der Waals surface area contributed by atoms with Crippen LogP contribution in [0, 0.1) is 0 Å². The Labute approximate surface area is 128 Å². The van der Waals surface area contributed by atoms with Crippen LogP contribution in [0.5, 0.6) is 0 Å². The first-order valence-electron chi connectivity index (χ1n) is 6.87. The summed E-state index contributed by atoms with van der Waals surface area (Å²) in [6.07, 6.45) is 4.46. The van der Waals surface area contributed by atoms with E-state index in [1.807, 2.05) is 25.1 Å². The maximum atomic E-state index is 12.1. The number of para-hydroxylation sites is 1. The summed E-state index contributed by atoms with van der Waals surface area (Å²) in [6, 6.07) is 7.26. The zero-order valence-electron chi connectivity index (χ0n) is 11.8. The lowest BCUT2D eigenvalue weighted by Crippen LogP contribution is -2.34. The van der Waals surface area contributed by atoms with Gasteiger partial charge in [0, 0.05) is 18.8 Å². The highest BCUT2D eigenvalue weighted by molar-refractivity contribution is 6.32. The van der Waals surface area contributed by atoms with Crippen LogP contribution >= 0.6 is 11.6 Å². The number of carbonyl (C=O) groups is 1. The first kappa shape index (κ1) is 15.5. The zero-order valence-corrected chi connectivity index (χ0v) is 12.5. The van der Waals surface area contributed by atoms with Gasteiger partial charge in [0.05, 0.1) is 22.5 Å². The van der Waals surface area contributed by atoms with Crippen molar-refractivity contribution in [1.29, 1.82) is 0 Å². The van der Waals surface area contributed by atoms with E-state index in [9.17, 15) is 4.79 Å². The summed E-state index contributed by atoms with van der Waals surface area (Å²) in [5, 5.41) is 16.6. The summed E-state index contributed by atoms with van der Waals surface area (Å²) in [6.45, 7) is 2.02. The molecule has 5 nitrogen and oxygen atoms in total. The SMILES string of the molecule is CCC(CCO)NC(=O)c1cnn(-c2ccccc2Cl)c1. The molecule has 112 valence electrons. The normalized spacial score (nSPS) is 12.1. The van der Waals surface area contributed by atoms with Gasteiger partial charge in [0.1, 0.15) is 0 Å². The number of nitrogens with zero attached hydrogens (tertiary/aromatic N) is 2. The Kier molecular flexibility index (Phi) is 5.36. The first-order chi connectivity index (χ1) is 10.2. The third-order valence-electron chi connectivity index (χ3n) is 3.25. The van der Waals surface area contributed by atoms with Crippen molar-refractivity contribution < 1.29 is 9.90 Å². The molecular weight excluding hydrogens is 290 g/mol. The molecule has 1 amide bonds. The Morgan fingerprint density at radius 1 is 1.48 bits per heavy atom. The molecule has 0 aliphatic rings. The quantitative estimate of drug-likeness (QED) is 0.861. The fraction of sp³-hybridized carbons (Fsp3) is 0.333. The molecule has 0 aliphatic heterocycles. The van der Waals surface area contributed by atoms with Gasteiger partial charge in [-0.15, -0.1) is 0 Å². The van der Waals surface area contributed by atoms with Gasteiger partial charge in [0.25, 0.3) is 5.91 Å². The number of hydrogen-bond acceptors (Lipinski definition) is 3. The lowest BCUT2D eigenvalue weighted by molar-refractivity contribution is 0.0929. The van der Waals surface area contributed by atoms with Crippen LogP contribution in [-0.4, -0.2) is 33.4 Å². The molecule has 0 aliphatic carbocycles. The number of rotatable bonds is 6. The van der Waals surface area contributed by atoms with E-state index in [0.717, 1.165) is 12.1 Å². The van der Waals surface area contributed by atoms with Crippen molar-refractivity contribution in [2.45, 2.75) is 25.8 Å². The summed E-state index contributed by atoms with van der Waals surface area (Å²) >= 11 is 6.11. The zero-order chi connectivity index (χ0) is 15.2. The van der Waals surface area contributed by atoms with Gasteiger partial charge in [-0.2, -0.15) is 5.10 Å². The number of benzene rings is 1. The molecule has 2 aromatic rings. The van der Waals surface area contributed by atoms with E-state index in [1.165, 1.54) is 6.20 Å². The Bertz CT molecular complexity index is 612. The van der Waals surface area contributed by atoms with Gasteiger partial charge in [-0.1, -0.05) is 30.7 Å². The molecule has 0 bridgehead atoms. The fourth-order valence-electron chi connectivity index (χ4n) is 2.01. The van der Waals surface area contributed by atoms with E-state index in [4.69, 9.17) is 16.7 Å². The second kappa shape index (κ2) is 7.24. The van der Waals surface area contributed by atoms with Crippen LogP contribution in [0.1, 0.15) is 30.1 Å². The van der Waals surface area contributed by atoms with Crippen molar-refractivity contribution in [3.63, 3.8) is 0 Å². The molecule has 2 N–H and O–H groups in total. The molecule has 6 heteroatoms. The lowest BCUT2D eigenvalue weighted by Gasteiger charge is -2.14. The average Bonchev–Trinajstić information content (AvgIpc) is 2.97. The largest absolute Gasteiger partial charge is 0.396 e. The fourth-order valence-corrected chi connectivity index (χ4v) is 2.23. The summed E-state index contributed by atoms with van der Waals surface area (Å²) < 4.78 is 1.57. The predicted octanol–water partition coefficient (Wildman–Crippen LogP) is 2.42. The van der Waals surface area contributed by atoms with Gasteiger partial charge in [-0.25, -0.2) is 4.68 Å². The lowest BCUT2D eigenvalue weighted by atomic mass is 10.1. The number of nitrogens with one attached hydrogen (secondary N) is 1. The summed E-state index contributed by atoms with van der Waals surface area (Å²) in [4.78, 5) is 12.1. The van der Waals surface area contributed by atoms with E-state index in [-0.39, 0.29) is 18.6 Å². The molecule has 1 atom stereocenters. The monoisotopic (exact) mass is 307 g/mol. The van der Waals surface area contributed by atoms with Crippen LogP contribution < -0.4 is 5.32 Å². The van der Waals surface area contributed by atoms with Gasteiger partial charge in [-0.05, 0) is 25.0 Å². The van der Waals surface area contributed by atoms with E-state index >= 15 is 0 Å². The van der Waals surface area contributed by atoms with Crippen LogP contribution in [0.3, 0.4) is 0 Å². The third kappa shape index (κ3) is 3.83. The summed E-state index contributed by atoms with van der Waals surface area (Å²) in [5.74, 6) is -0.200. The minimum atomic E-state index is -0.200. The van der Waals surface area contributed by atoms with Crippen LogP contribution in [0.25, 0.3) is 5.69 Å². The number of aliphatic hydroxyl groups excluding tert-OH is 1. The van der Waals surface area contributed by atoms with Crippen LogP contribution in [0.15, 0.2) is 36.7 Å². The second-order valence-corrected chi connectivity index (χ2v) is 5.12. The smallest absolute Gasteiger partial charge is 0.254 e.